The number of anilines is 2. The summed E-state index contributed by atoms with van der Waals surface area (Å²) in [5.74, 6) is -0.159. The minimum Gasteiger partial charge on any atom is -0.352 e. The van der Waals surface area contributed by atoms with Crippen molar-refractivity contribution < 1.29 is 4.79 Å². The van der Waals surface area contributed by atoms with E-state index in [-0.39, 0.29) is 12.5 Å². The number of carbonyl (C=O) groups is 1. The van der Waals surface area contributed by atoms with Crippen LogP contribution in [0.1, 0.15) is 0 Å². The molecule has 4 nitrogen and oxygen atoms in total. The number of nitrogens with zero attached hydrogens (tertiary/aromatic N) is 1. The summed E-state index contributed by atoms with van der Waals surface area (Å²) in [4.78, 5) is 15.6. The number of halogens is 1. The monoisotopic (exact) mass is 267 g/mol. The first kappa shape index (κ1) is 11.9. The topological polar surface area (TPSA) is 54.0 Å². The molecule has 0 aliphatic heterocycles. The number of amides is 1. The van der Waals surface area contributed by atoms with Crippen LogP contribution < -0.4 is 10.6 Å². The molecule has 0 atom stereocenters. The molecule has 1 aromatic carbocycles. The van der Waals surface area contributed by atoms with Crippen molar-refractivity contribution in [2.45, 2.75) is 0 Å². The second kappa shape index (κ2) is 5.65. The minimum absolute atomic E-state index is 0.159. The molecule has 1 heterocycles. The second-order valence-corrected chi connectivity index (χ2v) is 4.52. The number of hydrogen-bond donors (Lipinski definition) is 2. The molecule has 0 saturated carbocycles. The molecule has 88 valence electrons. The number of rotatable bonds is 4. The molecule has 1 amide bonds. The van der Waals surface area contributed by atoms with Gasteiger partial charge in [-0.3, -0.25) is 4.79 Å². The highest BCUT2D eigenvalue weighted by Crippen LogP contribution is 2.20. The largest absolute Gasteiger partial charge is 0.352 e. The van der Waals surface area contributed by atoms with E-state index < -0.39 is 0 Å². The maximum atomic E-state index is 11.6. The Morgan fingerprint density at radius 3 is 2.94 bits per heavy atom. The van der Waals surface area contributed by atoms with Crippen LogP contribution >= 0.6 is 22.9 Å². The van der Waals surface area contributed by atoms with Gasteiger partial charge in [0.05, 0.1) is 17.3 Å². The van der Waals surface area contributed by atoms with E-state index in [9.17, 15) is 4.79 Å². The van der Waals surface area contributed by atoms with Gasteiger partial charge in [-0.15, -0.1) is 11.3 Å². The van der Waals surface area contributed by atoms with Crippen LogP contribution in [0.3, 0.4) is 0 Å². The van der Waals surface area contributed by atoms with Crippen LogP contribution in [0, 0.1) is 0 Å². The third kappa shape index (κ3) is 3.44. The number of aromatic nitrogens is 1. The molecule has 1 aromatic heterocycles. The van der Waals surface area contributed by atoms with Crippen molar-refractivity contribution in [2.24, 2.45) is 0 Å². The van der Waals surface area contributed by atoms with Crippen LogP contribution in [0.4, 0.5) is 10.8 Å². The number of para-hydroxylation sites is 1. The Hall–Kier alpha value is -1.59. The summed E-state index contributed by atoms with van der Waals surface area (Å²) >= 11 is 7.37. The molecular weight excluding hydrogens is 258 g/mol. The number of benzene rings is 1. The third-order valence-corrected chi connectivity index (χ3v) is 3.04. The van der Waals surface area contributed by atoms with Gasteiger partial charge in [0.2, 0.25) is 5.91 Å². The maximum Gasteiger partial charge on any atom is 0.243 e. The molecule has 2 rings (SSSR count). The van der Waals surface area contributed by atoms with Crippen LogP contribution in [0.2, 0.25) is 5.02 Å². The Morgan fingerprint density at radius 1 is 1.41 bits per heavy atom. The summed E-state index contributed by atoms with van der Waals surface area (Å²) in [5, 5.41) is 8.72. The summed E-state index contributed by atoms with van der Waals surface area (Å²) in [6.07, 6.45) is 1.68. The molecule has 0 radical (unpaired) electrons. The van der Waals surface area contributed by atoms with Crippen molar-refractivity contribution in [1.82, 2.24) is 4.98 Å². The van der Waals surface area contributed by atoms with E-state index in [1.54, 1.807) is 18.3 Å². The van der Waals surface area contributed by atoms with Crippen molar-refractivity contribution >= 4 is 39.7 Å². The summed E-state index contributed by atoms with van der Waals surface area (Å²) < 4.78 is 0. The lowest BCUT2D eigenvalue weighted by atomic mass is 10.3. The van der Waals surface area contributed by atoms with Crippen LogP contribution in [0.5, 0.6) is 0 Å². The highest BCUT2D eigenvalue weighted by molar-refractivity contribution is 7.13. The third-order valence-electron chi connectivity index (χ3n) is 1.98. The van der Waals surface area contributed by atoms with Crippen molar-refractivity contribution in [3.63, 3.8) is 0 Å². The van der Waals surface area contributed by atoms with E-state index in [1.807, 2.05) is 17.5 Å². The number of nitrogens with one attached hydrogen (secondary N) is 2. The molecular formula is C11H10ClN3OS. The molecule has 0 aliphatic rings. The molecule has 0 spiro atoms. The SMILES string of the molecule is O=C(CNc1nccs1)Nc1ccccc1Cl. The van der Waals surface area contributed by atoms with Gasteiger partial charge in [-0.05, 0) is 12.1 Å². The summed E-state index contributed by atoms with van der Waals surface area (Å²) in [6, 6.07) is 7.11. The van der Waals surface area contributed by atoms with Gasteiger partial charge in [-0.25, -0.2) is 4.98 Å². The maximum absolute atomic E-state index is 11.6. The van der Waals surface area contributed by atoms with Crippen LogP contribution in [0.25, 0.3) is 0 Å². The Balaban J connectivity index is 1.87. The quantitative estimate of drug-likeness (QED) is 0.896. The van der Waals surface area contributed by atoms with Crippen molar-refractivity contribution in [3.8, 4) is 0 Å². The fraction of sp³-hybridized carbons (Fsp3) is 0.0909. The lowest BCUT2D eigenvalue weighted by molar-refractivity contribution is -0.114. The number of thiazole rings is 1. The Kier molecular flexibility index (Phi) is 3.95. The highest BCUT2D eigenvalue weighted by Gasteiger charge is 2.05. The predicted molar refractivity (Wildman–Crippen MR) is 70.7 cm³/mol. The lowest BCUT2D eigenvalue weighted by Gasteiger charge is -2.07. The van der Waals surface area contributed by atoms with Gasteiger partial charge in [-0.2, -0.15) is 0 Å². The molecule has 2 aromatic rings. The van der Waals surface area contributed by atoms with Crippen molar-refractivity contribution in [1.29, 1.82) is 0 Å². The first-order chi connectivity index (χ1) is 8.25. The van der Waals surface area contributed by atoms with E-state index in [1.165, 1.54) is 11.3 Å². The van der Waals surface area contributed by atoms with Crippen molar-refractivity contribution in [3.05, 3.63) is 40.9 Å². The van der Waals surface area contributed by atoms with Crippen LogP contribution in [-0.2, 0) is 4.79 Å². The molecule has 0 bridgehead atoms. The average Bonchev–Trinajstić information content (AvgIpc) is 2.82. The Labute approximate surface area is 108 Å². The normalized spacial score (nSPS) is 9.94. The lowest BCUT2D eigenvalue weighted by Crippen LogP contribution is -2.21. The zero-order valence-electron chi connectivity index (χ0n) is 8.81. The summed E-state index contributed by atoms with van der Waals surface area (Å²) in [6.45, 7) is 0.165. The van der Waals surface area contributed by atoms with E-state index in [0.717, 1.165) is 5.13 Å². The fourth-order valence-electron chi connectivity index (χ4n) is 1.22. The smallest absolute Gasteiger partial charge is 0.243 e. The summed E-state index contributed by atoms with van der Waals surface area (Å²) in [7, 11) is 0. The fourth-order valence-corrected chi connectivity index (χ4v) is 1.93. The van der Waals surface area contributed by atoms with Gasteiger partial charge in [0.25, 0.3) is 0 Å². The second-order valence-electron chi connectivity index (χ2n) is 3.22. The van der Waals surface area contributed by atoms with Gasteiger partial charge >= 0.3 is 0 Å². The average molecular weight is 268 g/mol. The molecule has 0 aliphatic carbocycles. The number of hydrogen-bond acceptors (Lipinski definition) is 4. The standard InChI is InChI=1S/C11H10ClN3OS/c12-8-3-1-2-4-9(8)15-10(16)7-14-11-13-5-6-17-11/h1-6H,7H2,(H,13,14)(H,15,16). The van der Waals surface area contributed by atoms with E-state index in [0.29, 0.717) is 10.7 Å². The molecule has 2 N–H and O–H groups in total. The minimum atomic E-state index is -0.159. The van der Waals surface area contributed by atoms with Crippen LogP contribution in [0.15, 0.2) is 35.8 Å². The van der Waals surface area contributed by atoms with E-state index >= 15 is 0 Å². The first-order valence-corrected chi connectivity index (χ1v) is 6.19. The van der Waals surface area contributed by atoms with Gasteiger partial charge in [0.1, 0.15) is 0 Å². The van der Waals surface area contributed by atoms with Gasteiger partial charge in [0.15, 0.2) is 5.13 Å². The molecule has 0 saturated heterocycles. The van der Waals surface area contributed by atoms with Gasteiger partial charge < -0.3 is 10.6 Å². The predicted octanol–water partition coefficient (Wildman–Crippen LogP) is 2.85. The highest BCUT2D eigenvalue weighted by atomic mass is 35.5. The first-order valence-electron chi connectivity index (χ1n) is 4.93. The van der Waals surface area contributed by atoms with Gasteiger partial charge in [-0.1, -0.05) is 23.7 Å². The molecule has 6 heteroatoms. The zero-order valence-corrected chi connectivity index (χ0v) is 10.4. The van der Waals surface area contributed by atoms with Crippen molar-refractivity contribution in [2.75, 3.05) is 17.2 Å². The van der Waals surface area contributed by atoms with Crippen LogP contribution in [-0.4, -0.2) is 17.4 Å². The molecule has 0 fully saturated rings. The number of carbonyl (C=O) groups excluding carboxylic acids is 1. The molecule has 0 unspecified atom stereocenters. The zero-order chi connectivity index (χ0) is 12.1. The van der Waals surface area contributed by atoms with Gasteiger partial charge in [0, 0.05) is 11.6 Å². The summed E-state index contributed by atoms with van der Waals surface area (Å²) in [5.41, 5.74) is 0.611. The van der Waals surface area contributed by atoms with E-state index in [2.05, 4.69) is 15.6 Å². The Bertz CT molecular complexity index is 501. The Morgan fingerprint density at radius 2 is 2.24 bits per heavy atom. The molecule has 17 heavy (non-hydrogen) atoms. The van der Waals surface area contributed by atoms with E-state index in [4.69, 9.17) is 11.6 Å².